The molecule has 2 saturated heterocycles. The van der Waals surface area contributed by atoms with Crippen LogP contribution in [0.1, 0.15) is 45.1 Å². The maximum absolute atomic E-state index is 12.3. The molecule has 0 saturated carbocycles. The fourth-order valence-corrected chi connectivity index (χ4v) is 4.08. The fourth-order valence-electron chi connectivity index (χ4n) is 4.08. The molecule has 5 heteroatoms. The van der Waals surface area contributed by atoms with E-state index in [1.807, 2.05) is 30.3 Å². The average Bonchev–Trinajstić information content (AvgIpc) is 2.87. The van der Waals surface area contributed by atoms with Crippen LogP contribution in [-0.2, 0) is 14.3 Å². The summed E-state index contributed by atoms with van der Waals surface area (Å²) in [5.74, 6) is -0.270. The Kier molecular flexibility index (Phi) is 6.76. The number of piperidine rings is 1. The van der Waals surface area contributed by atoms with E-state index in [0.29, 0.717) is 23.7 Å². The van der Waals surface area contributed by atoms with Crippen molar-refractivity contribution in [2.24, 2.45) is 0 Å². The van der Waals surface area contributed by atoms with Gasteiger partial charge in [0.25, 0.3) is 6.47 Å². The van der Waals surface area contributed by atoms with Gasteiger partial charge in [-0.1, -0.05) is 36.9 Å². The molecule has 0 aliphatic carbocycles. The summed E-state index contributed by atoms with van der Waals surface area (Å²) in [5, 5.41) is 6.89. The van der Waals surface area contributed by atoms with Crippen LogP contribution in [0.15, 0.2) is 36.9 Å². The van der Waals surface area contributed by atoms with Crippen LogP contribution in [0.2, 0.25) is 0 Å². The van der Waals surface area contributed by atoms with Gasteiger partial charge in [0.15, 0.2) is 0 Å². The molecule has 0 spiro atoms. The van der Waals surface area contributed by atoms with Gasteiger partial charge in [-0.05, 0) is 32.3 Å². The van der Waals surface area contributed by atoms with Gasteiger partial charge in [0.1, 0.15) is 6.10 Å². The van der Waals surface area contributed by atoms with Crippen molar-refractivity contribution in [1.29, 1.82) is 0 Å². The highest BCUT2D eigenvalue weighted by Gasteiger charge is 2.43. The second kappa shape index (κ2) is 8.81. The predicted octanol–water partition coefficient (Wildman–Crippen LogP) is 3.35. The van der Waals surface area contributed by atoms with Crippen molar-refractivity contribution in [2.45, 2.75) is 63.8 Å². The van der Waals surface area contributed by atoms with Gasteiger partial charge in [-0.3, -0.25) is 9.69 Å². The Balaban J connectivity index is 0.000000701. The first kappa shape index (κ1) is 19.2. The van der Waals surface area contributed by atoms with Crippen molar-refractivity contribution in [1.82, 2.24) is 4.90 Å². The smallest absolute Gasteiger partial charge is 0.338 e. The standard InChI is InChI=1S/C19H25NO2.CH2O2/c1-13(2)20-16-9-10-17(20)12-18(11-16)22-19(21)14(3)15-7-5-4-6-8-15;2-1-3/h4-8,13,16-18H,3,9-12H2,1-2H3;1H,(H,2,3)/t16-,17+,18?;. The number of hydrogen-bond donors (Lipinski definition) is 1. The second-order valence-electron chi connectivity index (χ2n) is 6.87. The Morgan fingerprint density at radius 1 is 1.24 bits per heavy atom. The van der Waals surface area contributed by atoms with Crippen molar-refractivity contribution < 1.29 is 19.4 Å². The lowest BCUT2D eigenvalue weighted by Crippen LogP contribution is -2.49. The average molecular weight is 345 g/mol. The lowest BCUT2D eigenvalue weighted by molar-refractivity contribution is -0.145. The predicted molar refractivity (Wildman–Crippen MR) is 97.1 cm³/mol. The monoisotopic (exact) mass is 345 g/mol. The zero-order valence-corrected chi connectivity index (χ0v) is 14.9. The molecule has 3 atom stereocenters. The van der Waals surface area contributed by atoms with Gasteiger partial charge in [0.2, 0.25) is 0 Å². The number of carbonyl (C=O) groups excluding carboxylic acids is 1. The van der Waals surface area contributed by atoms with Crippen LogP contribution in [0.3, 0.4) is 0 Å². The van der Waals surface area contributed by atoms with Crippen LogP contribution in [0.25, 0.3) is 5.57 Å². The minimum absolute atomic E-state index is 0.0421. The van der Waals surface area contributed by atoms with E-state index in [0.717, 1.165) is 18.4 Å². The second-order valence-corrected chi connectivity index (χ2v) is 6.87. The number of carboxylic acid groups (broad SMARTS) is 1. The van der Waals surface area contributed by atoms with Crippen molar-refractivity contribution >= 4 is 18.0 Å². The van der Waals surface area contributed by atoms with E-state index < -0.39 is 0 Å². The van der Waals surface area contributed by atoms with Crippen molar-refractivity contribution in [3.8, 4) is 0 Å². The van der Waals surface area contributed by atoms with Gasteiger partial charge in [-0.2, -0.15) is 0 Å². The summed E-state index contributed by atoms with van der Waals surface area (Å²) >= 11 is 0. The molecule has 1 unspecified atom stereocenters. The number of nitrogens with zero attached hydrogens (tertiary/aromatic N) is 1. The molecule has 1 N–H and O–H groups in total. The molecule has 2 aliphatic rings. The summed E-state index contributed by atoms with van der Waals surface area (Å²) in [5.41, 5.74) is 1.30. The molecule has 0 aromatic heterocycles. The molecule has 1 aromatic rings. The van der Waals surface area contributed by atoms with Gasteiger partial charge >= 0.3 is 5.97 Å². The van der Waals surface area contributed by atoms with Crippen LogP contribution in [-0.4, -0.2) is 46.7 Å². The zero-order valence-electron chi connectivity index (χ0n) is 14.9. The van der Waals surface area contributed by atoms with Gasteiger partial charge in [-0.25, -0.2) is 4.79 Å². The maximum atomic E-state index is 12.3. The highest BCUT2D eigenvalue weighted by molar-refractivity contribution is 6.15. The number of esters is 1. The van der Waals surface area contributed by atoms with Crippen LogP contribution in [0.4, 0.5) is 0 Å². The number of rotatable bonds is 4. The molecule has 5 nitrogen and oxygen atoms in total. The molecule has 2 aliphatic heterocycles. The van der Waals surface area contributed by atoms with Crippen LogP contribution >= 0.6 is 0 Å². The van der Waals surface area contributed by atoms with E-state index in [-0.39, 0.29) is 18.5 Å². The molecular weight excluding hydrogens is 318 g/mol. The molecule has 2 bridgehead atoms. The summed E-state index contributed by atoms with van der Waals surface area (Å²) in [4.78, 5) is 23.3. The minimum Gasteiger partial charge on any atom is -0.483 e. The third-order valence-electron chi connectivity index (χ3n) is 4.98. The normalized spacial score (nSPS) is 25.0. The molecule has 1 aromatic carbocycles. The maximum Gasteiger partial charge on any atom is 0.338 e. The highest BCUT2D eigenvalue weighted by Crippen LogP contribution is 2.38. The third-order valence-corrected chi connectivity index (χ3v) is 4.98. The van der Waals surface area contributed by atoms with E-state index in [9.17, 15) is 4.79 Å². The Labute approximate surface area is 149 Å². The first-order chi connectivity index (χ1) is 12.0. The molecular formula is C20H27NO4. The van der Waals surface area contributed by atoms with E-state index in [4.69, 9.17) is 14.6 Å². The number of fused-ring (bicyclic) bond motifs is 2. The number of hydrogen-bond acceptors (Lipinski definition) is 4. The van der Waals surface area contributed by atoms with E-state index in [1.165, 1.54) is 12.8 Å². The number of carbonyl (C=O) groups is 2. The summed E-state index contributed by atoms with van der Waals surface area (Å²) in [6.45, 7) is 8.17. The number of benzene rings is 1. The minimum atomic E-state index is -0.270. The molecule has 136 valence electrons. The Morgan fingerprint density at radius 2 is 1.76 bits per heavy atom. The van der Waals surface area contributed by atoms with Gasteiger partial charge < -0.3 is 9.84 Å². The lowest BCUT2D eigenvalue weighted by atomic mass is 9.98. The summed E-state index contributed by atoms with van der Waals surface area (Å²) < 4.78 is 5.75. The Morgan fingerprint density at radius 3 is 2.24 bits per heavy atom. The molecule has 0 amide bonds. The van der Waals surface area contributed by atoms with Crippen molar-refractivity contribution in [3.05, 3.63) is 42.5 Å². The zero-order chi connectivity index (χ0) is 18.4. The highest BCUT2D eigenvalue weighted by atomic mass is 16.5. The number of ether oxygens (including phenoxy) is 1. The van der Waals surface area contributed by atoms with E-state index in [2.05, 4.69) is 25.3 Å². The van der Waals surface area contributed by atoms with Crippen LogP contribution in [0.5, 0.6) is 0 Å². The van der Waals surface area contributed by atoms with E-state index >= 15 is 0 Å². The third kappa shape index (κ3) is 4.69. The van der Waals surface area contributed by atoms with Gasteiger partial charge in [0.05, 0.1) is 5.57 Å². The fraction of sp³-hybridized carbons (Fsp3) is 0.500. The van der Waals surface area contributed by atoms with Gasteiger partial charge in [-0.15, -0.1) is 0 Å². The molecule has 0 radical (unpaired) electrons. The van der Waals surface area contributed by atoms with Crippen LogP contribution in [0, 0.1) is 0 Å². The topological polar surface area (TPSA) is 66.8 Å². The largest absolute Gasteiger partial charge is 0.483 e. The molecule has 3 rings (SSSR count). The quantitative estimate of drug-likeness (QED) is 0.515. The molecule has 2 heterocycles. The Bertz CT molecular complexity index is 585. The van der Waals surface area contributed by atoms with Crippen molar-refractivity contribution in [3.63, 3.8) is 0 Å². The van der Waals surface area contributed by atoms with Crippen molar-refractivity contribution in [2.75, 3.05) is 0 Å². The molecule has 2 fully saturated rings. The first-order valence-corrected chi connectivity index (χ1v) is 8.78. The molecule has 25 heavy (non-hydrogen) atoms. The SMILES string of the molecule is C=C(C(=O)OC1C[C@H]2CC[C@@H](C1)N2C(C)C)c1ccccc1.O=CO. The van der Waals surface area contributed by atoms with Crippen LogP contribution < -0.4 is 0 Å². The summed E-state index contributed by atoms with van der Waals surface area (Å²) in [7, 11) is 0. The lowest BCUT2D eigenvalue weighted by Gasteiger charge is -2.41. The van der Waals surface area contributed by atoms with Gasteiger partial charge in [0, 0.05) is 31.0 Å². The summed E-state index contributed by atoms with van der Waals surface area (Å²) in [6.07, 6.45) is 4.43. The first-order valence-electron chi connectivity index (χ1n) is 8.78. The Hall–Kier alpha value is -2.14. The summed E-state index contributed by atoms with van der Waals surface area (Å²) in [6, 6.07) is 11.3. The van der Waals surface area contributed by atoms with E-state index in [1.54, 1.807) is 0 Å².